The average molecular weight is 527 g/mol. The summed E-state index contributed by atoms with van der Waals surface area (Å²) >= 11 is 12.2. The second-order valence-electron chi connectivity index (χ2n) is 9.09. The Hall–Kier alpha value is -3.09. The molecule has 1 atom stereocenters. The number of rotatable bonds is 9. The number of aliphatic carboxylic acids is 1. The van der Waals surface area contributed by atoms with Crippen LogP contribution in [0.2, 0.25) is 10.0 Å². The van der Waals surface area contributed by atoms with Crippen molar-refractivity contribution in [2.75, 3.05) is 0 Å². The van der Waals surface area contributed by atoms with Gasteiger partial charge in [0, 0.05) is 18.3 Å². The first kappa shape index (κ1) is 26.0. The molecule has 0 unspecified atom stereocenters. The van der Waals surface area contributed by atoms with Crippen molar-refractivity contribution in [3.05, 3.63) is 93.7 Å². The summed E-state index contributed by atoms with van der Waals surface area (Å²) in [4.78, 5) is 28.9. The van der Waals surface area contributed by atoms with Crippen LogP contribution in [0.4, 0.5) is 0 Å². The standard InChI is InChI=1S/C28H28Cl2N2O4/c29-23-5-3-6-24(30)26(23)27(33)32-25(28(34)35)17-19-9-13-22(14-10-19)36-21-11-7-18(8-12-21)16-20-4-1-2-15-31-20/h1-6,9-10,13-15,18,21,25H,7-8,11-12,16-17H2,(H,32,33)(H,34,35)/t18?,21?,25-/m0/s1. The number of carbonyl (C=O) groups is 2. The highest BCUT2D eigenvalue weighted by Crippen LogP contribution is 2.30. The number of nitrogens with one attached hydrogen (secondary N) is 1. The van der Waals surface area contributed by atoms with Gasteiger partial charge < -0.3 is 15.2 Å². The number of halogens is 2. The predicted molar refractivity (Wildman–Crippen MR) is 140 cm³/mol. The fourth-order valence-electron chi connectivity index (χ4n) is 4.55. The zero-order valence-corrected chi connectivity index (χ0v) is 21.2. The highest BCUT2D eigenvalue weighted by atomic mass is 35.5. The zero-order chi connectivity index (χ0) is 25.5. The number of benzene rings is 2. The number of hydrogen-bond donors (Lipinski definition) is 2. The molecule has 0 saturated heterocycles. The van der Waals surface area contributed by atoms with Gasteiger partial charge in [0.2, 0.25) is 0 Å². The number of carbonyl (C=O) groups excluding carboxylic acids is 1. The Bertz CT molecular complexity index is 1160. The molecule has 1 amide bonds. The molecule has 36 heavy (non-hydrogen) atoms. The van der Waals surface area contributed by atoms with E-state index in [0.29, 0.717) is 5.92 Å². The van der Waals surface area contributed by atoms with Gasteiger partial charge in [-0.05, 0) is 80.0 Å². The summed E-state index contributed by atoms with van der Waals surface area (Å²) < 4.78 is 6.18. The number of hydrogen-bond acceptors (Lipinski definition) is 4. The lowest BCUT2D eigenvalue weighted by molar-refractivity contribution is -0.139. The monoisotopic (exact) mass is 526 g/mol. The van der Waals surface area contributed by atoms with Crippen LogP contribution in [0.15, 0.2) is 66.9 Å². The second-order valence-corrected chi connectivity index (χ2v) is 9.91. The minimum Gasteiger partial charge on any atom is -0.490 e. The van der Waals surface area contributed by atoms with E-state index in [-0.39, 0.29) is 28.1 Å². The highest BCUT2D eigenvalue weighted by molar-refractivity contribution is 6.39. The molecule has 4 rings (SSSR count). The molecule has 6 nitrogen and oxygen atoms in total. The molecule has 0 bridgehead atoms. The molecule has 0 spiro atoms. The first-order valence-electron chi connectivity index (χ1n) is 12.0. The minimum absolute atomic E-state index is 0.0607. The predicted octanol–water partition coefficient (Wildman–Crippen LogP) is 5.99. The van der Waals surface area contributed by atoms with Crippen LogP contribution < -0.4 is 10.1 Å². The Balaban J connectivity index is 1.29. The van der Waals surface area contributed by atoms with Gasteiger partial charge in [0.15, 0.2) is 0 Å². The SMILES string of the molecule is O=C(N[C@@H](Cc1ccc(OC2CCC(Cc3ccccn3)CC2)cc1)C(=O)O)c1c(Cl)cccc1Cl. The van der Waals surface area contributed by atoms with Crippen molar-refractivity contribution < 1.29 is 19.4 Å². The molecule has 3 aromatic rings. The van der Waals surface area contributed by atoms with Crippen LogP contribution in [0.1, 0.15) is 47.3 Å². The molecule has 188 valence electrons. The molecule has 0 radical (unpaired) electrons. The van der Waals surface area contributed by atoms with Crippen molar-refractivity contribution >= 4 is 35.1 Å². The normalized spacial score (nSPS) is 18.3. The van der Waals surface area contributed by atoms with Crippen LogP contribution in [0.3, 0.4) is 0 Å². The number of pyridine rings is 1. The molecular formula is C28H28Cl2N2O4. The third-order valence-corrected chi connectivity index (χ3v) is 7.11. The Morgan fingerprint density at radius 3 is 2.28 bits per heavy atom. The Kier molecular flexibility index (Phi) is 8.83. The van der Waals surface area contributed by atoms with Gasteiger partial charge in [0.1, 0.15) is 11.8 Å². The topological polar surface area (TPSA) is 88.5 Å². The van der Waals surface area contributed by atoms with E-state index in [4.69, 9.17) is 27.9 Å². The fraction of sp³-hybridized carbons (Fsp3) is 0.321. The zero-order valence-electron chi connectivity index (χ0n) is 19.7. The minimum atomic E-state index is -1.14. The number of ether oxygens (including phenoxy) is 1. The number of carboxylic acids is 1. The molecule has 8 heteroatoms. The average Bonchev–Trinajstić information content (AvgIpc) is 2.86. The molecule has 1 aromatic heterocycles. The number of nitrogens with zero attached hydrogens (tertiary/aromatic N) is 1. The Morgan fingerprint density at radius 2 is 1.67 bits per heavy atom. The molecule has 1 aliphatic carbocycles. The van der Waals surface area contributed by atoms with Gasteiger partial charge >= 0.3 is 5.97 Å². The molecule has 1 fully saturated rings. The summed E-state index contributed by atoms with van der Waals surface area (Å²) in [5.74, 6) is -0.387. The maximum absolute atomic E-state index is 12.6. The summed E-state index contributed by atoms with van der Waals surface area (Å²) in [7, 11) is 0. The van der Waals surface area contributed by atoms with Crippen molar-refractivity contribution in [3.8, 4) is 5.75 Å². The van der Waals surface area contributed by atoms with Crippen LogP contribution in [0, 0.1) is 5.92 Å². The molecule has 2 N–H and O–H groups in total. The quantitative estimate of drug-likeness (QED) is 0.357. The third kappa shape index (κ3) is 6.99. The summed E-state index contributed by atoms with van der Waals surface area (Å²) in [5.41, 5.74) is 1.97. The van der Waals surface area contributed by atoms with E-state index >= 15 is 0 Å². The molecular weight excluding hydrogens is 499 g/mol. The maximum Gasteiger partial charge on any atom is 0.326 e. The van der Waals surface area contributed by atoms with E-state index in [9.17, 15) is 14.7 Å². The number of carboxylic acid groups (broad SMARTS) is 1. The Morgan fingerprint density at radius 1 is 0.972 bits per heavy atom. The van der Waals surface area contributed by atoms with Crippen molar-refractivity contribution in [3.63, 3.8) is 0 Å². The first-order chi connectivity index (χ1) is 17.4. The van der Waals surface area contributed by atoms with Crippen molar-refractivity contribution in [1.29, 1.82) is 0 Å². The summed E-state index contributed by atoms with van der Waals surface area (Å²) in [6.45, 7) is 0. The van der Waals surface area contributed by atoms with Crippen molar-refractivity contribution in [1.82, 2.24) is 10.3 Å². The lowest BCUT2D eigenvalue weighted by atomic mass is 9.84. The van der Waals surface area contributed by atoms with Crippen LogP contribution in [-0.2, 0) is 17.6 Å². The van der Waals surface area contributed by atoms with E-state index in [2.05, 4.69) is 16.4 Å². The molecule has 0 aliphatic heterocycles. The molecule has 1 saturated carbocycles. The first-order valence-corrected chi connectivity index (χ1v) is 12.8. The van der Waals surface area contributed by atoms with E-state index in [1.54, 1.807) is 6.07 Å². The second kappa shape index (κ2) is 12.2. The van der Waals surface area contributed by atoms with Gasteiger partial charge in [0.25, 0.3) is 5.91 Å². The molecule has 1 aliphatic rings. The van der Waals surface area contributed by atoms with Crippen molar-refractivity contribution in [2.45, 2.75) is 50.7 Å². The lowest BCUT2D eigenvalue weighted by Crippen LogP contribution is -2.42. The molecule has 1 heterocycles. The van der Waals surface area contributed by atoms with E-state index in [0.717, 1.165) is 49.1 Å². The van der Waals surface area contributed by atoms with E-state index < -0.39 is 17.9 Å². The van der Waals surface area contributed by atoms with Gasteiger partial charge in [-0.2, -0.15) is 0 Å². The lowest BCUT2D eigenvalue weighted by Gasteiger charge is -2.29. The summed E-state index contributed by atoms with van der Waals surface area (Å²) in [6, 6.07) is 16.9. The van der Waals surface area contributed by atoms with Gasteiger partial charge in [-0.15, -0.1) is 0 Å². The fourth-order valence-corrected chi connectivity index (χ4v) is 5.12. The summed E-state index contributed by atoms with van der Waals surface area (Å²) in [5, 5.41) is 12.5. The number of amides is 1. The van der Waals surface area contributed by atoms with Crippen LogP contribution in [-0.4, -0.2) is 34.1 Å². The smallest absolute Gasteiger partial charge is 0.326 e. The molecule has 2 aromatic carbocycles. The third-order valence-electron chi connectivity index (χ3n) is 6.48. The van der Waals surface area contributed by atoms with Gasteiger partial charge in [-0.3, -0.25) is 9.78 Å². The highest BCUT2D eigenvalue weighted by Gasteiger charge is 2.25. The van der Waals surface area contributed by atoms with Gasteiger partial charge in [-0.1, -0.05) is 47.5 Å². The van der Waals surface area contributed by atoms with E-state index in [1.807, 2.05) is 42.6 Å². The van der Waals surface area contributed by atoms with Crippen LogP contribution >= 0.6 is 23.2 Å². The van der Waals surface area contributed by atoms with Gasteiger partial charge in [0.05, 0.1) is 21.7 Å². The van der Waals surface area contributed by atoms with Crippen LogP contribution in [0.5, 0.6) is 5.75 Å². The Labute approximate surface area is 220 Å². The number of aromatic nitrogens is 1. The summed E-state index contributed by atoms with van der Waals surface area (Å²) in [6.07, 6.45) is 7.34. The largest absolute Gasteiger partial charge is 0.490 e. The van der Waals surface area contributed by atoms with E-state index in [1.165, 1.54) is 12.1 Å². The van der Waals surface area contributed by atoms with Gasteiger partial charge in [-0.25, -0.2) is 4.79 Å². The van der Waals surface area contributed by atoms with Crippen LogP contribution in [0.25, 0.3) is 0 Å². The van der Waals surface area contributed by atoms with Crippen molar-refractivity contribution in [2.24, 2.45) is 5.92 Å². The maximum atomic E-state index is 12.6.